The minimum absolute atomic E-state index is 0.388. The number of nitrogens with one attached hydrogen (secondary N) is 1. The quantitative estimate of drug-likeness (QED) is 0.859. The topological polar surface area (TPSA) is 64.9 Å². The van der Waals surface area contributed by atoms with Crippen LogP contribution in [0.3, 0.4) is 0 Å². The molecule has 0 aliphatic rings. The van der Waals surface area contributed by atoms with Crippen LogP contribution in [-0.4, -0.2) is 33.2 Å². The summed E-state index contributed by atoms with van der Waals surface area (Å²) in [5.74, 6) is 2.28. The Morgan fingerprint density at radius 1 is 1.37 bits per heavy atom. The molecular weight excluding hydrogens is 242 g/mol. The molecule has 0 spiro atoms. The van der Waals surface area contributed by atoms with Gasteiger partial charge in [0.15, 0.2) is 11.6 Å². The van der Waals surface area contributed by atoms with Gasteiger partial charge in [-0.3, -0.25) is 0 Å². The van der Waals surface area contributed by atoms with Crippen molar-refractivity contribution in [2.24, 2.45) is 7.05 Å². The highest BCUT2D eigenvalue weighted by atomic mass is 16.5. The maximum atomic E-state index is 5.11. The molecule has 0 unspecified atom stereocenters. The van der Waals surface area contributed by atoms with Crippen molar-refractivity contribution in [3.63, 3.8) is 0 Å². The third-order valence-corrected chi connectivity index (χ3v) is 2.65. The van der Waals surface area contributed by atoms with E-state index in [4.69, 9.17) is 4.74 Å². The van der Waals surface area contributed by atoms with E-state index in [2.05, 4.69) is 27.2 Å². The molecule has 0 aliphatic carbocycles. The lowest BCUT2D eigenvalue weighted by atomic mass is 10.3. The second kappa shape index (κ2) is 6.29. The van der Waals surface area contributed by atoms with Crippen LogP contribution in [-0.2, 0) is 18.4 Å². The van der Waals surface area contributed by atoms with Crippen molar-refractivity contribution < 1.29 is 4.74 Å². The van der Waals surface area contributed by atoms with Gasteiger partial charge >= 0.3 is 0 Å². The van der Waals surface area contributed by atoms with Gasteiger partial charge in [-0.1, -0.05) is 6.92 Å². The van der Waals surface area contributed by atoms with E-state index in [0.717, 1.165) is 30.3 Å². The van der Waals surface area contributed by atoms with Crippen LogP contribution < -0.4 is 5.32 Å². The lowest BCUT2D eigenvalue weighted by Crippen LogP contribution is -2.07. The molecule has 102 valence electrons. The first-order chi connectivity index (χ1) is 9.24. The largest absolute Gasteiger partial charge is 0.377 e. The Hall–Kier alpha value is -1.95. The third-order valence-electron chi connectivity index (χ3n) is 2.65. The van der Waals surface area contributed by atoms with Crippen LogP contribution in [0, 0.1) is 0 Å². The number of hydrogen-bond acceptors (Lipinski definition) is 5. The minimum Gasteiger partial charge on any atom is -0.377 e. The Morgan fingerprint density at radius 2 is 2.21 bits per heavy atom. The average Bonchev–Trinajstić information content (AvgIpc) is 2.83. The van der Waals surface area contributed by atoms with E-state index in [0.29, 0.717) is 12.4 Å². The number of aromatic nitrogens is 4. The smallest absolute Gasteiger partial charge is 0.158 e. The van der Waals surface area contributed by atoms with E-state index in [-0.39, 0.29) is 0 Å². The molecule has 2 rings (SSSR count). The number of nitrogens with zero attached hydrogens (tertiary/aromatic N) is 4. The number of ether oxygens (including phenoxy) is 1. The van der Waals surface area contributed by atoms with E-state index < -0.39 is 0 Å². The third kappa shape index (κ3) is 3.29. The summed E-state index contributed by atoms with van der Waals surface area (Å²) < 4.78 is 7.04. The predicted molar refractivity (Wildman–Crippen MR) is 73.7 cm³/mol. The molecule has 0 aliphatic heterocycles. The first kappa shape index (κ1) is 13.5. The van der Waals surface area contributed by atoms with Gasteiger partial charge in [-0.05, 0) is 6.42 Å². The van der Waals surface area contributed by atoms with Crippen LogP contribution in [0.15, 0.2) is 18.5 Å². The number of hydrogen-bond donors (Lipinski definition) is 1. The summed E-state index contributed by atoms with van der Waals surface area (Å²) in [7, 11) is 3.58. The average molecular weight is 261 g/mol. The van der Waals surface area contributed by atoms with Crippen LogP contribution in [0.5, 0.6) is 0 Å². The molecule has 0 bridgehead atoms. The van der Waals surface area contributed by atoms with Crippen LogP contribution in [0.4, 0.5) is 5.82 Å². The van der Waals surface area contributed by atoms with Crippen molar-refractivity contribution in [1.29, 1.82) is 0 Å². The Labute approximate surface area is 112 Å². The number of anilines is 1. The van der Waals surface area contributed by atoms with Crippen molar-refractivity contribution in [1.82, 2.24) is 19.5 Å². The van der Waals surface area contributed by atoms with Crippen LogP contribution >= 0.6 is 0 Å². The zero-order valence-corrected chi connectivity index (χ0v) is 11.6. The Bertz CT molecular complexity index is 538. The second-order valence-electron chi connectivity index (χ2n) is 4.28. The monoisotopic (exact) mass is 261 g/mol. The summed E-state index contributed by atoms with van der Waals surface area (Å²) in [6.07, 6.45) is 4.69. The molecule has 0 saturated carbocycles. The molecule has 0 amide bonds. The molecule has 2 aromatic heterocycles. The zero-order valence-electron chi connectivity index (χ0n) is 11.6. The highest BCUT2D eigenvalue weighted by Crippen LogP contribution is 2.18. The molecule has 2 aromatic rings. The number of aryl methyl sites for hydroxylation is 1. The van der Waals surface area contributed by atoms with E-state index >= 15 is 0 Å². The number of imidazole rings is 1. The SMILES string of the molecule is CCCNc1cc(-c2nccn2C)nc(COC)n1. The summed E-state index contributed by atoms with van der Waals surface area (Å²) in [6.45, 7) is 3.38. The van der Waals surface area contributed by atoms with E-state index in [9.17, 15) is 0 Å². The van der Waals surface area contributed by atoms with Crippen molar-refractivity contribution in [3.8, 4) is 11.5 Å². The molecule has 0 atom stereocenters. The van der Waals surface area contributed by atoms with Gasteiger partial charge in [0.05, 0.1) is 0 Å². The maximum absolute atomic E-state index is 5.11. The summed E-state index contributed by atoms with van der Waals surface area (Å²) in [5, 5.41) is 3.27. The van der Waals surface area contributed by atoms with Gasteiger partial charge in [0.25, 0.3) is 0 Å². The lowest BCUT2D eigenvalue weighted by molar-refractivity contribution is 0.178. The first-order valence-corrected chi connectivity index (χ1v) is 6.33. The van der Waals surface area contributed by atoms with Gasteiger partial charge in [-0.2, -0.15) is 0 Å². The minimum atomic E-state index is 0.388. The van der Waals surface area contributed by atoms with Gasteiger partial charge in [-0.15, -0.1) is 0 Å². The highest BCUT2D eigenvalue weighted by molar-refractivity contribution is 5.55. The molecular formula is C13H19N5O. The molecule has 2 heterocycles. The fourth-order valence-corrected chi connectivity index (χ4v) is 1.76. The molecule has 0 radical (unpaired) electrons. The van der Waals surface area contributed by atoms with Gasteiger partial charge in [0.2, 0.25) is 0 Å². The fourth-order valence-electron chi connectivity index (χ4n) is 1.76. The van der Waals surface area contributed by atoms with Crippen molar-refractivity contribution in [2.45, 2.75) is 20.0 Å². The molecule has 1 N–H and O–H groups in total. The van der Waals surface area contributed by atoms with E-state index in [1.165, 1.54) is 0 Å². The van der Waals surface area contributed by atoms with Gasteiger partial charge in [-0.25, -0.2) is 15.0 Å². The Balaban J connectivity index is 2.36. The standard InChI is InChI=1S/C13H19N5O/c1-4-5-14-11-8-10(13-15-6-7-18(13)2)16-12(17-11)9-19-3/h6-8H,4-5,9H2,1-3H3,(H,14,16,17). The zero-order chi connectivity index (χ0) is 13.7. The molecule has 6 heteroatoms. The van der Waals surface area contributed by atoms with Crippen LogP contribution in [0.1, 0.15) is 19.2 Å². The van der Waals surface area contributed by atoms with Crippen LogP contribution in [0.2, 0.25) is 0 Å². The fraction of sp³-hybridized carbons (Fsp3) is 0.462. The molecule has 0 aromatic carbocycles. The highest BCUT2D eigenvalue weighted by Gasteiger charge is 2.09. The van der Waals surface area contributed by atoms with Crippen LogP contribution in [0.25, 0.3) is 11.5 Å². The van der Waals surface area contributed by atoms with E-state index in [1.54, 1.807) is 13.3 Å². The van der Waals surface area contributed by atoms with Gasteiger partial charge in [0.1, 0.15) is 18.1 Å². The number of methoxy groups -OCH3 is 1. The molecule has 6 nitrogen and oxygen atoms in total. The second-order valence-corrected chi connectivity index (χ2v) is 4.28. The van der Waals surface area contributed by atoms with Crippen molar-refractivity contribution in [3.05, 3.63) is 24.3 Å². The summed E-state index contributed by atoms with van der Waals surface area (Å²) in [4.78, 5) is 13.2. The van der Waals surface area contributed by atoms with Crippen molar-refractivity contribution >= 4 is 5.82 Å². The molecule has 0 fully saturated rings. The first-order valence-electron chi connectivity index (χ1n) is 6.33. The normalized spacial score (nSPS) is 10.7. The number of rotatable bonds is 6. The van der Waals surface area contributed by atoms with Gasteiger partial charge < -0.3 is 14.6 Å². The van der Waals surface area contributed by atoms with E-state index in [1.807, 2.05) is 23.9 Å². The molecule has 19 heavy (non-hydrogen) atoms. The Kier molecular flexibility index (Phi) is 4.46. The summed E-state index contributed by atoms with van der Waals surface area (Å²) in [6, 6.07) is 1.91. The summed E-state index contributed by atoms with van der Waals surface area (Å²) in [5.41, 5.74) is 0.799. The predicted octanol–water partition coefficient (Wildman–Crippen LogP) is 1.85. The maximum Gasteiger partial charge on any atom is 0.158 e. The lowest BCUT2D eigenvalue weighted by Gasteiger charge is -2.09. The Morgan fingerprint density at radius 3 is 2.84 bits per heavy atom. The summed E-state index contributed by atoms with van der Waals surface area (Å²) >= 11 is 0. The van der Waals surface area contributed by atoms with Crippen molar-refractivity contribution in [2.75, 3.05) is 19.0 Å². The molecule has 0 saturated heterocycles. The van der Waals surface area contributed by atoms with Gasteiger partial charge in [0, 0.05) is 39.2 Å².